The van der Waals surface area contributed by atoms with Gasteiger partial charge in [-0.15, -0.1) is 11.8 Å². The first kappa shape index (κ1) is 9.94. The normalized spacial score (nSPS) is 10.1. The summed E-state index contributed by atoms with van der Waals surface area (Å²) in [6.07, 6.45) is 1.92. The Morgan fingerprint density at radius 3 is 3.13 bits per heavy atom. The molecule has 0 radical (unpaired) electrons. The molecule has 15 heavy (non-hydrogen) atoms. The summed E-state index contributed by atoms with van der Waals surface area (Å²) in [6, 6.07) is 7.99. The Morgan fingerprint density at radius 2 is 2.40 bits per heavy atom. The fourth-order valence-electron chi connectivity index (χ4n) is 1.43. The number of aromatic nitrogens is 1. The number of methoxy groups -OCH3 is 1. The first-order valence-corrected chi connectivity index (χ1v) is 5.48. The highest BCUT2D eigenvalue weighted by molar-refractivity contribution is 7.99. The molecule has 0 aliphatic heterocycles. The molecule has 1 heterocycles. The molecule has 0 bridgehead atoms. The number of fused-ring (bicyclic) bond motifs is 1. The lowest BCUT2D eigenvalue weighted by Crippen LogP contribution is -1.81. The molecule has 1 aromatic carbocycles. The van der Waals surface area contributed by atoms with E-state index in [9.17, 15) is 0 Å². The zero-order chi connectivity index (χ0) is 10.7. The van der Waals surface area contributed by atoms with Crippen LogP contribution in [0, 0.1) is 11.3 Å². The van der Waals surface area contributed by atoms with Crippen molar-refractivity contribution in [1.82, 2.24) is 4.98 Å². The van der Waals surface area contributed by atoms with Crippen LogP contribution < -0.4 is 4.74 Å². The van der Waals surface area contributed by atoms with E-state index >= 15 is 0 Å². The molecule has 4 heteroatoms. The van der Waals surface area contributed by atoms with Crippen LogP contribution in [0.5, 0.6) is 5.75 Å². The summed E-state index contributed by atoms with van der Waals surface area (Å²) in [5, 5.41) is 9.64. The molecule has 0 aliphatic rings. The molecule has 76 valence electrons. The van der Waals surface area contributed by atoms with Crippen LogP contribution in [0.4, 0.5) is 0 Å². The molecular weight excluding hydrogens is 208 g/mol. The predicted molar refractivity (Wildman–Crippen MR) is 61.2 cm³/mol. The van der Waals surface area contributed by atoms with Crippen molar-refractivity contribution in [1.29, 1.82) is 5.26 Å². The van der Waals surface area contributed by atoms with Crippen LogP contribution in [0.25, 0.3) is 10.9 Å². The van der Waals surface area contributed by atoms with Gasteiger partial charge in [0.1, 0.15) is 5.75 Å². The first-order chi connectivity index (χ1) is 7.35. The topological polar surface area (TPSA) is 48.8 Å². The number of nitriles is 1. The van der Waals surface area contributed by atoms with E-state index in [0.29, 0.717) is 5.75 Å². The minimum absolute atomic E-state index is 0.462. The lowest BCUT2D eigenvalue weighted by molar-refractivity contribution is 0.415. The van der Waals surface area contributed by atoms with Crippen LogP contribution in [0.15, 0.2) is 29.3 Å². The highest BCUT2D eigenvalue weighted by Gasteiger charge is 2.04. The summed E-state index contributed by atoms with van der Waals surface area (Å²) in [5.74, 6) is 1.30. The highest BCUT2D eigenvalue weighted by atomic mass is 32.2. The Labute approximate surface area is 92.0 Å². The Morgan fingerprint density at radius 1 is 1.53 bits per heavy atom. The summed E-state index contributed by atoms with van der Waals surface area (Å²) in [7, 11) is 1.65. The van der Waals surface area contributed by atoms with Crippen molar-refractivity contribution in [3.63, 3.8) is 0 Å². The summed E-state index contributed by atoms with van der Waals surface area (Å²) in [5.41, 5.74) is 1.07. The van der Waals surface area contributed by atoms with Crippen molar-refractivity contribution in [3.05, 3.63) is 24.4 Å². The lowest BCUT2D eigenvalue weighted by Gasteiger charge is -2.00. The van der Waals surface area contributed by atoms with E-state index < -0.39 is 0 Å². The molecule has 1 aromatic heterocycles. The molecule has 0 atom stereocenters. The van der Waals surface area contributed by atoms with Gasteiger partial charge in [0.25, 0.3) is 0 Å². The number of nitrogens with zero attached hydrogens (tertiary/aromatic N) is 1. The largest absolute Gasteiger partial charge is 0.497 e. The predicted octanol–water partition coefficient (Wildman–Crippen LogP) is 2.79. The van der Waals surface area contributed by atoms with E-state index in [1.54, 1.807) is 7.11 Å². The van der Waals surface area contributed by atoms with Gasteiger partial charge in [0, 0.05) is 22.0 Å². The van der Waals surface area contributed by atoms with Gasteiger partial charge in [-0.05, 0) is 18.2 Å². The van der Waals surface area contributed by atoms with Gasteiger partial charge in [0.2, 0.25) is 0 Å². The van der Waals surface area contributed by atoms with Gasteiger partial charge in [0.05, 0.1) is 18.9 Å². The van der Waals surface area contributed by atoms with Crippen molar-refractivity contribution >= 4 is 22.7 Å². The average molecular weight is 218 g/mol. The maximum atomic E-state index is 8.53. The number of rotatable bonds is 3. The summed E-state index contributed by atoms with van der Waals surface area (Å²) in [6.45, 7) is 0. The average Bonchev–Trinajstić information content (AvgIpc) is 2.68. The minimum atomic E-state index is 0.462. The molecule has 0 aliphatic carbocycles. The van der Waals surface area contributed by atoms with Gasteiger partial charge < -0.3 is 9.72 Å². The van der Waals surface area contributed by atoms with Crippen molar-refractivity contribution in [2.45, 2.75) is 4.90 Å². The number of thioether (sulfide) groups is 1. The second-order valence-electron chi connectivity index (χ2n) is 3.01. The summed E-state index contributed by atoms with van der Waals surface area (Å²) in [4.78, 5) is 4.25. The van der Waals surface area contributed by atoms with E-state index in [2.05, 4.69) is 11.1 Å². The SMILES string of the molecule is COc1ccc2[nH]cc(SCC#N)c2c1. The van der Waals surface area contributed by atoms with E-state index in [0.717, 1.165) is 21.5 Å². The van der Waals surface area contributed by atoms with E-state index in [4.69, 9.17) is 10.00 Å². The zero-order valence-corrected chi connectivity index (χ0v) is 9.10. The maximum absolute atomic E-state index is 8.53. The smallest absolute Gasteiger partial charge is 0.119 e. The molecule has 0 saturated carbocycles. The van der Waals surface area contributed by atoms with Crippen molar-refractivity contribution < 1.29 is 4.74 Å². The Bertz CT molecular complexity index is 513. The second-order valence-corrected chi connectivity index (χ2v) is 4.03. The van der Waals surface area contributed by atoms with Crippen LogP contribution in [0.1, 0.15) is 0 Å². The van der Waals surface area contributed by atoms with Crippen LogP contribution in [0.3, 0.4) is 0 Å². The van der Waals surface area contributed by atoms with Gasteiger partial charge in [-0.2, -0.15) is 5.26 Å². The molecule has 2 aromatic rings. The standard InChI is InChI=1S/C11H10N2OS/c1-14-8-2-3-10-9(6-8)11(7-13-10)15-5-4-12/h2-3,6-7,13H,5H2,1H3. The molecule has 2 rings (SSSR count). The second kappa shape index (κ2) is 4.28. The van der Waals surface area contributed by atoms with Crippen molar-refractivity contribution in [2.24, 2.45) is 0 Å². The number of ether oxygens (including phenoxy) is 1. The third kappa shape index (κ3) is 1.92. The number of H-pyrrole nitrogens is 1. The molecule has 0 fully saturated rings. The molecule has 0 saturated heterocycles. The number of hydrogen-bond acceptors (Lipinski definition) is 3. The Balaban J connectivity index is 2.43. The molecule has 0 amide bonds. The third-order valence-corrected chi connectivity index (χ3v) is 3.07. The van der Waals surface area contributed by atoms with Gasteiger partial charge in [-0.25, -0.2) is 0 Å². The van der Waals surface area contributed by atoms with Crippen LogP contribution in [0.2, 0.25) is 0 Å². The van der Waals surface area contributed by atoms with Gasteiger partial charge in [-0.1, -0.05) is 0 Å². The fourth-order valence-corrected chi connectivity index (χ4v) is 2.12. The monoisotopic (exact) mass is 218 g/mol. The number of hydrogen-bond donors (Lipinski definition) is 1. The Hall–Kier alpha value is -1.60. The maximum Gasteiger partial charge on any atom is 0.119 e. The van der Waals surface area contributed by atoms with Crippen molar-refractivity contribution in [2.75, 3.05) is 12.9 Å². The van der Waals surface area contributed by atoms with Crippen LogP contribution >= 0.6 is 11.8 Å². The third-order valence-electron chi connectivity index (χ3n) is 2.14. The number of benzene rings is 1. The van der Waals surface area contributed by atoms with E-state index in [1.165, 1.54) is 11.8 Å². The first-order valence-electron chi connectivity index (χ1n) is 4.50. The number of nitrogens with one attached hydrogen (secondary N) is 1. The highest BCUT2D eigenvalue weighted by Crippen LogP contribution is 2.30. The molecular formula is C11H10N2OS. The van der Waals surface area contributed by atoms with Crippen LogP contribution in [-0.4, -0.2) is 17.8 Å². The van der Waals surface area contributed by atoms with E-state index in [-0.39, 0.29) is 0 Å². The lowest BCUT2D eigenvalue weighted by atomic mass is 10.2. The fraction of sp³-hybridized carbons (Fsp3) is 0.182. The van der Waals surface area contributed by atoms with Crippen LogP contribution in [-0.2, 0) is 0 Å². The van der Waals surface area contributed by atoms with Crippen molar-refractivity contribution in [3.8, 4) is 11.8 Å². The van der Waals surface area contributed by atoms with Gasteiger partial charge >= 0.3 is 0 Å². The minimum Gasteiger partial charge on any atom is -0.497 e. The molecule has 1 N–H and O–H groups in total. The van der Waals surface area contributed by atoms with Gasteiger partial charge in [-0.3, -0.25) is 0 Å². The van der Waals surface area contributed by atoms with Gasteiger partial charge in [0.15, 0.2) is 0 Å². The molecule has 0 unspecified atom stereocenters. The van der Waals surface area contributed by atoms with E-state index in [1.807, 2.05) is 24.4 Å². The molecule has 3 nitrogen and oxygen atoms in total. The summed E-state index contributed by atoms with van der Waals surface area (Å²) < 4.78 is 5.16. The Kier molecular flexibility index (Phi) is 2.84. The summed E-state index contributed by atoms with van der Waals surface area (Å²) >= 11 is 1.53. The number of aromatic amines is 1. The quantitative estimate of drug-likeness (QED) is 0.806. The zero-order valence-electron chi connectivity index (χ0n) is 8.28. The molecule has 0 spiro atoms.